The number of carbonyl (C=O) groups is 1. The maximum absolute atomic E-state index is 14.6. The zero-order chi connectivity index (χ0) is 22.7. The van der Waals surface area contributed by atoms with Gasteiger partial charge in [-0.05, 0) is 35.0 Å². The standard InChI is InChI=1S/C18H15F2N9O3/c1-28-24-16(22-26-28)10-7-14(20)18(21-9-10)32-11-4-5-12(13(19)8-11)17-23-27-29(25-17)6-2-3-15(30)31/h4-5,7-9H,2-3,6H2,1H3,(H,30,31). The Labute approximate surface area is 178 Å². The van der Waals surface area contributed by atoms with Crippen molar-refractivity contribution in [3.63, 3.8) is 0 Å². The van der Waals surface area contributed by atoms with Crippen molar-refractivity contribution in [1.29, 1.82) is 0 Å². The van der Waals surface area contributed by atoms with Crippen molar-refractivity contribution in [1.82, 2.24) is 45.4 Å². The minimum absolute atomic E-state index is 0.0110. The van der Waals surface area contributed by atoms with Gasteiger partial charge in [0.05, 0.1) is 19.2 Å². The van der Waals surface area contributed by atoms with Crippen molar-refractivity contribution in [3.8, 4) is 34.4 Å². The summed E-state index contributed by atoms with van der Waals surface area (Å²) < 4.78 is 34.3. The molecule has 14 heteroatoms. The molecule has 0 aliphatic rings. The Balaban J connectivity index is 1.47. The van der Waals surface area contributed by atoms with Crippen molar-refractivity contribution in [2.75, 3.05) is 0 Å². The van der Waals surface area contributed by atoms with Crippen LogP contribution in [0.25, 0.3) is 22.8 Å². The number of carboxylic acids is 1. The molecule has 0 fully saturated rings. The largest absolute Gasteiger partial charge is 0.481 e. The second-order valence-corrected chi connectivity index (χ2v) is 6.56. The lowest BCUT2D eigenvalue weighted by Gasteiger charge is -2.07. The molecule has 0 amide bonds. The van der Waals surface area contributed by atoms with Gasteiger partial charge in [0, 0.05) is 24.2 Å². The van der Waals surface area contributed by atoms with Gasteiger partial charge < -0.3 is 9.84 Å². The number of pyridine rings is 1. The molecular weight excluding hydrogens is 428 g/mol. The highest BCUT2D eigenvalue weighted by molar-refractivity contribution is 5.66. The normalized spacial score (nSPS) is 11.0. The number of aryl methyl sites for hydroxylation is 2. The third-order valence-corrected chi connectivity index (χ3v) is 4.17. The molecule has 164 valence electrons. The Hall–Kier alpha value is -4.36. The highest BCUT2D eigenvalue weighted by atomic mass is 19.1. The fourth-order valence-corrected chi connectivity index (χ4v) is 2.69. The summed E-state index contributed by atoms with van der Waals surface area (Å²) in [6, 6.07) is 4.94. The molecule has 0 unspecified atom stereocenters. The van der Waals surface area contributed by atoms with Crippen molar-refractivity contribution in [2.24, 2.45) is 7.05 Å². The summed E-state index contributed by atoms with van der Waals surface area (Å²) in [5.74, 6) is -2.56. The SMILES string of the molecule is Cn1nnc(-c2cnc(Oc3ccc(-c4nnn(CCCC(=O)O)n4)c(F)c3)c(F)c2)n1. The van der Waals surface area contributed by atoms with Crippen LogP contribution in [0.15, 0.2) is 30.5 Å². The van der Waals surface area contributed by atoms with Gasteiger partial charge in [-0.15, -0.1) is 20.4 Å². The van der Waals surface area contributed by atoms with Crippen LogP contribution in [0.5, 0.6) is 11.6 Å². The Morgan fingerprint density at radius 1 is 1.09 bits per heavy atom. The van der Waals surface area contributed by atoms with Gasteiger partial charge in [-0.2, -0.15) is 9.59 Å². The van der Waals surface area contributed by atoms with E-state index in [4.69, 9.17) is 9.84 Å². The molecule has 3 aromatic heterocycles. The first-order valence-electron chi connectivity index (χ1n) is 9.26. The molecule has 4 aromatic rings. The van der Waals surface area contributed by atoms with Crippen LogP contribution in [0, 0.1) is 11.6 Å². The van der Waals surface area contributed by atoms with Crippen LogP contribution in [0.2, 0.25) is 0 Å². The Morgan fingerprint density at radius 3 is 2.59 bits per heavy atom. The van der Waals surface area contributed by atoms with Crippen LogP contribution in [0.3, 0.4) is 0 Å². The van der Waals surface area contributed by atoms with Gasteiger partial charge in [-0.1, -0.05) is 0 Å². The van der Waals surface area contributed by atoms with Crippen LogP contribution < -0.4 is 4.74 Å². The maximum atomic E-state index is 14.6. The number of aromatic nitrogens is 9. The van der Waals surface area contributed by atoms with Gasteiger partial charge in [0.15, 0.2) is 5.82 Å². The Bertz CT molecular complexity index is 1270. The monoisotopic (exact) mass is 443 g/mol. The molecule has 0 atom stereocenters. The first-order chi connectivity index (χ1) is 15.4. The second kappa shape index (κ2) is 8.79. The summed E-state index contributed by atoms with van der Waals surface area (Å²) in [4.78, 5) is 16.9. The van der Waals surface area contributed by atoms with E-state index in [0.29, 0.717) is 12.0 Å². The zero-order valence-electron chi connectivity index (χ0n) is 16.6. The number of ether oxygens (including phenoxy) is 1. The first kappa shape index (κ1) is 20.9. The minimum atomic E-state index is -0.932. The summed E-state index contributed by atoms with van der Waals surface area (Å²) in [5, 5.41) is 31.7. The fraction of sp³-hybridized carbons (Fsp3) is 0.222. The fourth-order valence-electron chi connectivity index (χ4n) is 2.69. The predicted molar refractivity (Wildman–Crippen MR) is 102 cm³/mol. The number of nitrogens with zero attached hydrogens (tertiary/aromatic N) is 9. The van der Waals surface area contributed by atoms with E-state index in [1.807, 2.05) is 0 Å². The van der Waals surface area contributed by atoms with Crippen molar-refractivity contribution in [2.45, 2.75) is 19.4 Å². The quantitative estimate of drug-likeness (QED) is 0.428. The highest BCUT2D eigenvalue weighted by Gasteiger charge is 2.16. The Morgan fingerprint density at radius 2 is 1.91 bits per heavy atom. The number of rotatable bonds is 8. The summed E-state index contributed by atoms with van der Waals surface area (Å²) in [5.41, 5.74) is 0.362. The summed E-state index contributed by atoms with van der Waals surface area (Å²) >= 11 is 0. The van der Waals surface area contributed by atoms with Crippen LogP contribution in [0.1, 0.15) is 12.8 Å². The van der Waals surface area contributed by atoms with Crippen molar-refractivity contribution >= 4 is 5.97 Å². The van der Waals surface area contributed by atoms with Crippen LogP contribution in [-0.2, 0) is 18.4 Å². The predicted octanol–water partition coefficient (Wildman–Crippen LogP) is 1.86. The zero-order valence-corrected chi connectivity index (χ0v) is 16.6. The van der Waals surface area contributed by atoms with E-state index in [0.717, 1.165) is 12.1 Å². The molecule has 0 aliphatic heterocycles. The molecule has 4 rings (SSSR count). The molecule has 0 radical (unpaired) electrons. The molecule has 0 aliphatic carbocycles. The topological polar surface area (TPSA) is 147 Å². The third-order valence-electron chi connectivity index (χ3n) is 4.17. The smallest absolute Gasteiger partial charge is 0.303 e. The van der Waals surface area contributed by atoms with Gasteiger partial charge >= 0.3 is 5.97 Å². The highest BCUT2D eigenvalue weighted by Crippen LogP contribution is 2.28. The molecule has 1 N–H and O–H groups in total. The number of hydrogen-bond acceptors (Lipinski definition) is 9. The molecule has 0 saturated carbocycles. The van der Waals surface area contributed by atoms with Gasteiger partial charge in [-0.3, -0.25) is 4.79 Å². The molecule has 3 heterocycles. The van der Waals surface area contributed by atoms with E-state index in [1.165, 1.54) is 27.9 Å². The van der Waals surface area contributed by atoms with E-state index in [1.54, 1.807) is 7.05 Å². The van der Waals surface area contributed by atoms with E-state index >= 15 is 0 Å². The average Bonchev–Trinajstić information content (AvgIpc) is 3.39. The molecular formula is C18H15F2N9O3. The Kier molecular flexibility index (Phi) is 5.74. The number of tetrazole rings is 2. The summed E-state index contributed by atoms with van der Waals surface area (Å²) in [6.07, 6.45) is 1.58. The summed E-state index contributed by atoms with van der Waals surface area (Å²) in [7, 11) is 1.57. The van der Waals surface area contributed by atoms with Crippen molar-refractivity contribution < 1.29 is 23.4 Å². The third kappa shape index (κ3) is 4.69. The lowest BCUT2D eigenvalue weighted by Crippen LogP contribution is -2.05. The van der Waals surface area contributed by atoms with Gasteiger partial charge in [0.2, 0.25) is 11.6 Å². The van der Waals surface area contributed by atoms with E-state index in [-0.39, 0.29) is 41.8 Å². The molecule has 0 spiro atoms. The maximum Gasteiger partial charge on any atom is 0.303 e. The molecule has 12 nitrogen and oxygen atoms in total. The van der Waals surface area contributed by atoms with E-state index < -0.39 is 17.6 Å². The number of hydrogen-bond donors (Lipinski definition) is 1. The number of aliphatic carboxylic acids is 1. The molecule has 32 heavy (non-hydrogen) atoms. The molecule has 0 bridgehead atoms. The second-order valence-electron chi connectivity index (χ2n) is 6.56. The van der Waals surface area contributed by atoms with Crippen LogP contribution in [0.4, 0.5) is 8.78 Å². The number of carboxylic acid groups (broad SMARTS) is 1. The minimum Gasteiger partial charge on any atom is -0.481 e. The van der Waals surface area contributed by atoms with E-state index in [9.17, 15) is 13.6 Å². The van der Waals surface area contributed by atoms with Crippen LogP contribution in [-0.4, -0.2) is 56.5 Å². The first-order valence-corrected chi connectivity index (χ1v) is 9.26. The van der Waals surface area contributed by atoms with Gasteiger partial charge in [0.1, 0.15) is 11.6 Å². The van der Waals surface area contributed by atoms with Gasteiger partial charge in [-0.25, -0.2) is 13.8 Å². The molecule has 1 aromatic carbocycles. The lowest BCUT2D eigenvalue weighted by atomic mass is 10.2. The molecule has 0 saturated heterocycles. The van der Waals surface area contributed by atoms with Crippen molar-refractivity contribution in [3.05, 3.63) is 42.1 Å². The number of halogens is 2. The van der Waals surface area contributed by atoms with Crippen LogP contribution >= 0.6 is 0 Å². The van der Waals surface area contributed by atoms with Gasteiger partial charge in [0.25, 0.3) is 5.88 Å². The lowest BCUT2D eigenvalue weighted by molar-refractivity contribution is -0.137. The summed E-state index contributed by atoms with van der Waals surface area (Å²) in [6.45, 7) is 0.229. The van der Waals surface area contributed by atoms with E-state index in [2.05, 4.69) is 35.8 Å². The average molecular weight is 443 g/mol. The number of benzene rings is 1.